The number of hydrogen-bond donors (Lipinski definition) is 2. The fraction of sp³-hybridized carbons (Fsp3) is 0.421. The van der Waals surface area contributed by atoms with E-state index in [1.807, 2.05) is 0 Å². The van der Waals surface area contributed by atoms with Crippen LogP contribution in [-0.2, 0) is 12.8 Å². The molecule has 0 spiro atoms. The Hall–Kier alpha value is -2.43. The Morgan fingerprint density at radius 2 is 1.96 bits per heavy atom. The lowest BCUT2D eigenvalue weighted by Crippen LogP contribution is -2.38. The first-order valence-electron chi connectivity index (χ1n) is 8.48. The van der Waals surface area contributed by atoms with Gasteiger partial charge in [-0.05, 0) is 42.2 Å². The molecule has 1 amide bonds. The molecule has 1 aromatic carbocycles. The van der Waals surface area contributed by atoms with Crippen LogP contribution in [0.15, 0.2) is 35.3 Å². The van der Waals surface area contributed by atoms with Crippen LogP contribution in [0.25, 0.3) is 0 Å². The molecule has 4 rings (SSSR count). The molecule has 1 fully saturated rings. The first kappa shape index (κ1) is 15.1. The fourth-order valence-electron chi connectivity index (χ4n) is 3.53. The Morgan fingerprint density at radius 3 is 2.54 bits per heavy atom. The molecule has 0 aliphatic heterocycles. The number of fused-ring (bicyclic) bond motifs is 1. The molecule has 0 bridgehead atoms. The maximum absolute atomic E-state index is 12.4. The summed E-state index contributed by atoms with van der Waals surface area (Å²) < 4.78 is 0. The van der Waals surface area contributed by atoms with Gasteiger partial charge in [0.05, 0.1) is 0 Å². The van der Waals surface area contributed by atoms with Gasteiger partial charge in [0.25, 0.3) is 11.5 Å². The first-order valence-corrected chi connectivity index (χ1v) is 8.48. The Labute approximate surface area is 140 Å². The summed E-state index contributed by atoms with van der Waals surface area (Å²) in [6.07, 6.45) is 5.42. The molecule has 2 N–H and O–H groups in total. The average Bonchev–Trinajstić information content (AvgIpc) is 3.34. The minimum atomic E-state index is -0.344. The van der Waals surface area contributed by atoms with Crippen LogP contribution in [0, 0.1) is 5.41 Å². The van der Waals surface area contributed by atoms with Gasteiger partial charge in [0, 0.05) is 18.7 Å². The molecular formula is C19H21N3O2. The number of rotatable bonds is 4. The zero-order valence-electron chi connectivity index (χ0n) is 13.8. The van der Waals surface area contributed by atoms with Gasteiger partial charge in [-0.1, -0.05) is 31.2 Å². The molecule has 1 heterocycles. The van der Waals surface area contributed by atoms with Gasteiger partial charge in [0.15, 0.2) is 0 Å². The molecule has 0 saturated heterocycles. The zero-order chi connectivity index (χ0) is 16.7. The Balaban J connectivity index is 1.43. The van der Waals surface area contributed by atoms with Gasteiger partial charge in [0.2, 0.25) is 0 Å². The van der Waals surface area contributed by atoms with E-state index in [-0.39, 0.29) is 22.4 Å². The molecule has 124 valence electrons. The van der Waals surface area contributed by atoms with Gasteiger partial charge in [-0.3, -0.25) is 9.59 Å². The van der Waals surface area contributed by atoms with E-state index in [4.69, 9.17) is 0 Å². The molecule has 5 nitrogen and oxygen atoms in total. The maximum atomic E-state index is 12.4. The maximum Gasteiger partial charge on any atom is 0.263 e. The summed E-state index contributed by atoms with van der Waals surface area (Å²) in [4.78, 5) is 31.5. The van der Waals surface area contributed by atoms with Crippen molar-refractivity contribution in [1.82, 2.24) is 15.3 Å². The highest BCUT2D eigenvalue weighted by Crippen LogP contribution is 2.37. The largest absolute Gasteiger partial charge is 0.351 e. The Bertz CT molecular complexity index is 827. The summed E-state index contributed by atoms with van der Waals surface area (Å²) in [5, 5.41) is 2.92. The molecule has 1 saturated carbocycles. The third kappa shape index (κ3) is 2.86. The second kappa shape index (κ2) is 5.58. The molecular weight excluding hydrogens is 302 g/mol. The lowest BCUT2D eigenvalue weighted by molar-refractivity contribution is 0.0933. The lowest BCUT2D eigenvalue weighted by atomic mass is 9.87. The van der Waals surface area contributed by atoms with E-state index in [2.05, 4.69) is 46.5 Å². The number of nitrogens with one attached hydrogen (secondary N) is 2. The van der Waals surface area contributed by atoms with E-state index in [1.54, 1.807) is 0 Å². The van der Waals surface area contributed by atoms with E-state index in [9.17, 15) is 9.59 Å². The SMILES string of the molecule is CC1(CNC(=O)c2cnc(C3CC3)[nH]c2=O)Cc2ccccc2C1. The van der Waals surface area contributed by atoms with E-state index in [1.165, 1.54) is 17.3 Å². The zero-order valence-corrected chi connectivity index (χ0v) is 13.8. The molecule has 24 heavy (non-hydrogen) atoms. The van der Waals surface area contributed by atoms with Crippen molar-refractivity contribution in [3.05, 3.63) is 63.3 Å². The van der Waals surface area contributed by atoms with Crippen molar-refractivity contribution in [1.29, 1.82) is 0 Å². The molecule has 1 aromatic heterocycles. The van der Waals surface area contributed by atoms with E-state index >= 15 is 0 Å². The first-order chi connectivity index (χ1) is 11.5. The third-order valence-corrected chi connectivity index (χ3v) is 5.06. The van der Waals surface area contributed by atoms with Gasteiger partial charge < -0.3 is 10.3 Å². The van der Waals surface area contributed by atoms with Crippen LogP contribution in [-0.4, -0.2) is 22.4 Å². The van der Waals surface area contributed by atoms with Gasteiger partial charge in [-0.15, -0.1) is 0 Å². The van der Waals surface area contributed by atoms with E-state index < -0.39 is 0 Å². The predicted octanol–water partition coefficient (Wildman–Crippen LogP) is 2.18. The highest BCUT2D eigenvalue weighted by atomic mass is 16.2. The second-order valence-electron chi connectivity index (χ2n) is 7.40. The summed E-state index contributed by atoms with van der Waals surface area (Å²) >= 11 is 0. The van der Waals surface area contributed by atoms with Crippen LogP contribution in [0.1, 0.15) is 53.0 Å². The highest BCUT2D eigenvalue weighted by Gasteiger charge is 2.33. The highest BCUT2D eigenvalue weighted by molar-refractivity contribution is 5.93. The lowest BCUT2D eigenvalue weighted by Gasteiger charge is -2.23. The van der Waals surface area contributed by atoms with Crippen molar-refractivity contribution in [2.45, 2.75) is 38.5 Å². The summed E-state index contributed by atoms with van der Waals surface area (Å²) in [5.41, 5.74) is 2.45. The monoisotopic (exact) mass is 323 g/mol. The van der Waals surface area contributed by atoms with E-state index in [0.717, 1.165) is 25.7 Å². The topological polar surface area (TPSA) is 74.8 Å². The van der Waals surface area contributed by atoms with Crippen LogP contribution in [0.5, 0.6) is 0 Å². The van der Waals surface area contributed by atoms with Crippen LogP contribution < -0.4 is 10.9 Å². The fourth-order valence-corrected chi connectivity index (χ4v) is 3.53. The van der Waals surface area contributed by atoms with Crippen molar-refractivity contribution in [3.8, 4) is 0 Å². The molecule has 2 aliphatic carbocycles. The van der Waals surface area contributed by atoms with Gasteiger partial charge in [0.1, 0.15) is 11.4 Å². The van der Waals surface area contributed by atoms with Crippen molar-refractivity contribution in [3.63, 3.8) is 0 Å². The minimum absolute atomic E-state index is 0.00646. The molecule has 2 aliphatic rings. The normalized spacial score (nSPS) is 18.2. The number of aromatic amines is 1. The number of aromatic nitrogens is 2. The summed E-state index contributed by atoms with van der Waals surface area (Å²) in [6.45, 7) is 2.72. The van der Waals surface area contributed by atoms with Crippen LogP contribution >= 0.6 is 0 Å². The molecule has 0 radical (unpaired) electrons. The van der Waals surface area contributed by atoms with E-state index in [0.29, 0.717) is 18.3 Å². The predicted molar refractivity (Wildman–Crippen MR) is 91.1 cm³/mol. The summed E-state index contributed by atoms with van der Waals surface area (Å²) in [7, 11) is 0. The average molecular weight is 323 g/mol. The summed E-state index contributed by atoms with van der Waals surface area (Å²) in [5.74, 6) is 0.726. The van der Waals surface area contributed by atoms with Crippen LogP contribution in [0.4, 0.5) is 0 Å². The number of amides is 1. The Kier molecular flexibility index (Phi) is 3.52. The number of carbonyl (C=O) groups is 1. The number of nitrogens with zero attached hydrogens (tertiary/aromatic N) is 1. The van der Waals surface area contributed by atoms with Crippen LogP contribution in [0.3, 0.4) is 0 Å². The minimum Gasteiger partial charge on any atom is -0.351 e. The van der Waals surface area contributed by atoms with Gasteiger partial charge in [-0.2, -0.15) is 0 Å². The van der Waals surface area contributed by atoms with Crippen molar-refractivity contribution < 1.29 is 4.79 Å². The number of benzene rings is 1. The van der Waals surface area contributed by atoms with Gasteiger partial charge >= 0.3 is 0 Å². The van der Waals surface area contributed by atoms with Crippen molar-refractivity contribution in [2.24, 2.45) is 5.41 Å². The molecule has 2 aromatic rings. The van der Waals surface area contributed by atoms with Crippen molar-refractivity contribution in [2.75, 3.05) is 6.54 Å². The summed E-state index contributed by atoms with van der Waals surface area (Å²) in [6, 6.07) is 8.40. The number of H-pyrrole nitrogens is 1. The number of hydrogen-bond acceptors (Lipinski definition) is 3. The smallest absolute Gasteiger partial charge is 0.263 e. The molecule has 0 atom stereocenters. The quantitative estimate of drug-likeness (QED) is 0.905. The third-order valence-electron chi connectivity index (χ3n) is 5.06. The molecule has 5 heteroatoms. The number of carbonyl (C=O) groups excluding carboxylic acids is 1. The van der Waals surface area contributed by atoms with Gasteiger partial charge in [-0.25, -0.2) is 4.98 Å². The standard InChI is InChI=1S/C19H21N3O2/c1-19(8-13-4-2-3-5-14(13)9-19)11-21-17(23)15-10-20-16(12-6-7-12)22-18(15)24/h2-5,10,12H,6-9,11H2,1H3,(H,21,23)(H,20,22,24). The van der Waals surface area contributed by atoms with Crippen LogP contribution in [0.2, 0.25) is 0 Å². The molecule has 0 unspecified atom stereocenters. The van der Waals surface area contributed by atoms with Crippen molar-refractivity contribution >= 4 is 5.91 Å². The second-order valence-corrected chi connectivity index (χ2v) is 7.40. The Morgan fingerprint density at radius 1 is 1.29 bits per heavy atom.